The van der Waals surface area contributed by atoms with Gasteiger partial charge in [0.25, 0.3) is 0 Å². The fourth-order valence-electron chi connectivity index (χ4n) is 1.86. The minimum atomic E-state index is -0.252. The first kappa shape index (κ1) is 17.2. The normalized spacial score (nSPS) is 11.5. The van der Waals surface area contributed by atoms with Gasteiger partial charge in [0.05, 0.1) is 6.20 Å². The molecule has 0 aliphatic carbocycles. The van der Waals surface area contributed by atoms with E-state index < -0.39 is 0 Å². The molecule has 1 unspecified atom stereocenters. The van der Waals surface area contributed by atoms with Crippen LogP contribution in [0.5, 0.6) is 0 Å². The zero-order valence-corrected chi connectivity index (χ0v) is 12.7. The molecule has 5 nitrogen and oxygen atoms in total. The predicted molar refractivity (Wildman–Crippen MR) is 84.0 cm³/mol. The third-order valence-corrected chi connectivity index (χ3v) is 2.94. The summed E-state index contributed by atoms with van der Waals surface area (Å²) in [5.74, 6) is 1.16. The van der Waals surface area contributed by atoms with Gasteiger partial charge in [-0.25, -0.2) is 4.98 Å². The van der Waals surface area contributed by atoms with Crippen molar-refractivity contribution in [1.29, 1.82) is 0 Å². The molecule has 0 saturated heterocycles. The summed E-state index contributed by atoms with van der Waals surface area (Å²) < 4.78 is 5.69. The van der Waals surface area contributed by atoms with Gasteiger partial charge in [-0.3, -0.25) is 4.79 Å². The lowest BCUT2D eigenvalue weighted by atomic mass is 10.2. The molecule has 0 aliphatic heterocycles. The average Bonchev–Trinajstić information content (AvgIpc) is 2.96. The maximum absolute atomic E-state index is 11.6. The first-order chi connectivity index (χ1) is 9.70. The SMILES string of the molecule is CC(NC(=O)CCCN)c1ncc(-c2ccccc2)o1.Cl. The molecule has 114 valence electrons. The van der Waals surface area contributed by atoms with Gasteiger partial charge in [0.1, 0.15) is 6.04 Å². The molecule has 6 heteroatoms. The molecule has 3 N–H and O–H groups in total. The summed E-state index contributed by atoms with van der Waals surface area (Å²) in [6, 6.07) is 9.48. The number of amides is 1. The van der Waals surface area contributed by atoms with Gasteiger partial charge < -0.3 is 15.5 Å². The monoisotopic (exact) mass is 309 g/mol. The first-order valence-electron chi connectivity index (χ1n) is 6.71. The van der Waals surface area contributed by atoms with Gasteiger partial charge in [0.2, 0.25) is 11.8 Å². The number of hydrogen-bond acceptors (Lipinski definition) is 4. The summed E-state index contributed by atoms with van der Waals surface area (Å²) in [7, 11) is 0. The van der Waals surface area contributed by atoms with Crippen LogP contribution in [-0.2, 0) is 4.79 Å². The summed E-state index contributed by atoms with van der Waals surface area (Å²) in [4.78, 5) is 15.8. The number of hydrogen-bond donors (Lipinski definition) is 2. The molecule has 21 heavy (non-hydrogen) atoms. The summed E-state index contributed by atoms with van der Waals surface area (Å²) in [6.45, 7) is 2.36. The van der Waals surface area contributed by atoms with E-state index in [2.05, 4.69) is 10.3 Å². The Balaban J connectivity index is 0.00000220. The number of nitrogens with zero attached hydrogens (tertiary/aromatic N) is 1. The lowest BCUT2D eigenvalue weighted by Gasteiger charge is -2.09. The van der Waals surface area contributed by atoms with Crippen molar-refractivity contribution < 1.29 is 9.21 Å². The average molecular weight is 310 g/mol. The van der Waals surface area contributed by atoms with Crippen molar-refractivity contribution in [2.24, 2.45) is 5.73 Å². The van der Waals surface area contributed by atoms with Gasteiger partial charge in [-0.1, -0.05) is 30.3 Å². The van der Waals surface area contributed by atoms with Crippen molar-refractivity contribution >= 4 is 18.3 Å². The van der Waals surface area contributed by atoms with Gasteiger partial charge >= 0.3 is 0 Å². The van der Waals surface area contributed by atoms with E-state index in [0.29, 0.717) is 31.0 Å². The number of benzene rings is 1. The summed E-state index contributed by atoms with van der Waals surface area (Å²) in [6.07, 6.45) is 2.78. The second kappa shape index (κ2) is 8.44. The van der Waals surface area contributed by atoms with E-state index in [1.807, 2.05) is 37.3 Å². The Morgan fingerprint density at radius 2 is 2.10 bits per heavy atom. The molecule has 1 aromatic heterocycles. The third kappa shape index (κ3) is 4.88. The molecular weight excluding hydrogens is 290 g/mol. The maximum Gasteiger partial charge on any atom is 0.220 e. The highest BCUT2D eigenvalue weighted by Gasteiger charge is 2.15. The topological polar surface area (TPSA) is 81.2 Å². The Bertz CT molecular complexity index is 557. The van der Waals surface area contributed by atoms with Crippen LogP contribution >= 0.6 is 12.4 Å². The van der Waals surface area contributed by atoms with Crippen LogP contribution in [-0.4, -0.2) is 17.4 Å². The Kier molecular flexibility index (Phi) is 6.91. The largest absolute Gasteiger partial charge is 0.438 e. The molecule has 2 aromatic rings. The summed E-state index contributed by atoms with van der Waals surface area (Å²) in [5, 5.41) is 2.85. The molecule has 1 heterocycles. The molecule has 0 fully saturated rings. The van der Waals surface area contributed by atoms with E-state index in [1.54, 1.807) is 6.20 Å². The molecule has 0 radical (unpaired) electrons. The van der Waals surface area contributed by atoms with Crippen molar-refractivity contribution in [3.63, 3.8) is 0 Å². The Morgan fingerprint density at radius 3 is 2.76 bits per heavy atom. The number of carbonyl (C=O) groups is 1. The van der Waals surface area contributed by atoms with Crippen molar-refractivity contribution in [3.05, 3.63) is 42.4 Å². The van der Waals surface area contributed by atoms with Crippen LogP contribution in [0.3, 0.4) is 0 Å². The van der Waals surface area contributed by atoms with Crippen LogP contribution in [0.2, 0.25) is 0 Å². The molecule has 0 bridgehead atoms. The predicted octanol–water partition coefficient (Wildman–Crippen LogP) is 2.68. The number of aromatic nitrogens is 1. The van der Waals surface area contributed by atoms with Gasteiger partial charge in [0.15, 0.2) is 5.76 Å². The minimum absolute atomic E-state index is 0. The number of rotatable bonds is 6. The standard InChI is InChI=1S/C15H19N3O2.ClH/c1-11(18-14(19)8-5-9-16)15-17-10-13(20-15)12-6-3-2-4-7-12;/h2-4,6-7,10-11H,5,8-9,16H2,1H3,(H,18,19);1H. The first-order valence-corrected chi connectivity index (χ1v) is 6.71. The molecular formula is C15H20ClN3O2. The Labute approximate surface area is 130 Å². The third-order valence-electron chi connectivity index (χ3n) is 2.94. The maximum atomic E-state index is 11.6. The smallest absolute Gasteiger partial charge is 0.220 e. The van der Waals surface area contributed by atoms with Crippen molar-refractivity contribution in [3.8, 4) is 11.3 Å². The number of nitrogens with two attached hydrogens (primary N) is 1. The molecule has 1 aromatic carbocycles. The molecule has 2 rings (SSSR count). The molecule has 1 amide bonds. The van der Waals surface area contributed by atoms with E-state index in [4.69, 9.17) is 10.2 Å². The zero-order valence-electron chi connectivity index (χ0n) is 11.9. The lowest BCUT2D eigenvalue weighted by molar-refractivity contribution is -0.121. The van der Waals surface area contributed by atoms with Gasteiger partial charge in [-0.2, -0.15) is 0 Å². The Morgan fingerprint density at radius 1 is 1.38 bits per heavy atom. The highest BCUT2D eigenvalue weighted by atomic mass is 35.5. The highest BCUT2D eigenvalue weighted by molar-refractivity contribution is 5.85. The van der Waals surface area contributed by atoms with Crippen LogP contribution in [0, 0.1) is 0 Å². The number of carbonyl (C=O) groups excluding carboxylic acids is 1. The van der Waals surface area contributed by atoms with E-state index in [-0.39, 0.29) is 24.4 Å². The van der Waals surface area contributed by atoms with Crippen molar-refractivity contribution in [1.82, 2.24) is 10.3 Å². The van der Waals surface area contributed by atoms with Gasteiger partial charge in [-0.15, -0.1) is 12.4 Å². The van der Waals surface area contributed by atoms with E-state index in [1.165, 1.54) is 0 Å². The zero-order chi connectivity index (χ0) is 14.4. The van der Waals surface area contributed by atoms with Crippen LogP contribution in [0.25, 0.3) is 11.3 Å². The van der Waals surface area contributed by atoms with Crippen molar-refractivity contribution in [2.75, 3.05) is 6.54 Å². The molecule has 0 saturated carbocycles. The second-order valence-electron chi connectivity index (χ2n) is 4.61. The molecule has 0 spiro atoms. The fourth-order valence-corrected chi connectivity index (χ4v) is 1.86. The van der Waals surface area contributed by atoms with Crippen LogP contribution in [0.15, 0.2) is 40.9 Å². The van der Waals surface area contributed by atoms with Crippen molar-refractivity contribution in [2.45, 2.75) is 25.8 Å². The van der Waals surface area contributed by atoms with Gasteiger partial charge in [0, 0.05) is 12.0 Å². The fraction of sp³-hybridized carbons (Fsp3) is 0.333. The number of nitrogens with one attached hydrogen (secondary N) is 1. The van der Waals surface area contributed by atoms with E-state index in [0.717, 1.165) is 5.56 Å². The summed E-state index contributed by atoms with van der Waals surface area (Å²) >= 11 is 0. The van der Waals surface area contributed by atoms with Crippen LogP contribution in [0.1, 0.15) is 31.7 Å². The van der Waals surface area contributed by atoms with E-state index >= 15 is 0 Å². The van der Waals surface area contributed by atoms with E-state index in [9.17, 15) is 4.79 Å². The lowest BCUT2D eigenvalue weighted by Crippen LogP contribution is -2.27. The number of oxazole rings is 1. The quantitative estimate of drug-likeness (QED) is 0.859. The summed E-state index contributed by atoms with van der Waals surface area (Å²) in [5.41, 5.74) is 6.34. The van der Waals surface area contributed by atoms with Crippen LogP contribution < -0.4 is 11.1 Å². The minimum Gasteiger partial charge on any atom is -0.438 e. The molecule has 1 atom stereocenters. The second-order valence-corrected chi connectivity index (χ2v) is 4.61. The molecule has 0 aliphatic rings. The Hall–Kier alpha value is -1.85. The van der Waals surface area contributed by atoms with Crippen LogP contribution in [0.4, 0.5) is 0 Å². The number of halogens is 1. The van der Waals surface area contributed by atoms with Gasteiger partial charge in [-0.05, 0) is 19.9 Å². The highest BCUT2D eigenvalue weighted by Crippen LogP contribution is 2.22.